The fraction of sp³-hybridized carbons (Fsp3) is 0.471. The molecule has 7 nitrogen and oxygen atoms in total. The third-order valence-corrected chi connectivity index (χ3v) is 5.33. The molecule has 9 heteroatoms. The lowest BCUT2D eigenvalue weighted by atomic mass is 10.2. The molecule has 0 unspecified atom stereocenters. The van der Waals surface area contributed by atoms with E-state index in [1.54, 1.807) is 16.8 Å². The number of aromatic nitrogens is 2. The van der Waals surface area contributed by atoms with Crippen molar-refractivity contribution in [2.24, 2.45) is 7.05 Å². The number of furan rings is 1. The lowest BCUT2D eigenvalue weighted by Crippen LogP contribution is -2.44. The summed E-state index contributed by atoms with van der Waals surface area (Å²) in [7, 11) is 1.85. The van der Waals surface area contributed by atoms with E-state index in [0.717, 1.165) is 50.4 Å². The molecule has 1 aliphatic rings. The van der Waals surface area contributed by atoms with Crippen LogP contribution >= 0.6 is 23.8 Å². The number of nitrogens with one attached hydrogen (secondary N) is 1. The molecule has 0 spiro atoms. The Morgan fingerprint density at radius 2 is 2.19 bits per heavy atom. The van der Waals surface area contributed by atoms with Crippen LogP contribution in [0.15, 0.2) is 22.8 Å². The van der Waals surface area contributed by atoms with E-state index in [2.05, 4.69) is 15.3 Å². The molecule has 1 amide bonds. The smallest absolute Gasteiger partial charge is 0.293 e. The molecule has 0 aromatic carbocycles. The van der Waals surface area contributed by atoms with E-state index < -0.39 is 0 Å². The van der Waals surface area contributed by atoms with Crippen molar-refractivity contribution >= 4 is 34.8 Å². The fourth-order valence-corrected chi connectivity index (χ4v) is 3.56. The second-order valence-corrected chi connectivity index (χ2v) is 7.08. The summed E-state index contributed by atoms with van der Waals surface area (Å²) < 4.78 is 6.80. The van der Waals surface area contributed by atoms with Gasteiger partial charge in [-0.25, -0.2) is 0 Å². The SMILES string of the molecule is Cc1nn(C)c(Cl)c1CN1CCCN(C(=S)NC(=O)c2ccco2)CC1. The third-order valence-electron chi connectivity index (χ3n) is 4.49. The molecule has 0 saturated carbocycles. The average molecular weight is 396 g/mol. The Labute approximate surface area is 162 Å². The monoisotopic (exact) mass is 395 g/mol. The molecule has 0 aliphatic carbocycles. The number of nitrogens with zero attached hydrogens (tertiary/aromatic N) is 4. The third kappa shape index (κ3) is 4.25. The first-order chi connectivity index (χ1) is 12.5. The second-order valence-electron chi connectivity index (χ2n) is 6.33. The van der Waals surface area contributed by atoms with Crippen LogP contribution in [0.5, 0.6) is 0 Å². The van der Waals surface area contributed by atoms with E-state index in [4.69, 9.17) is 28.2 Å². The van der Waals surface area contributed by atoms with Crippen molar-refractivity contribution in [3.63, 3.8) is 0 Å². The minimum absolute atomic E-state index is 0.255. The van der Waals surface area contributed by atoms with Crippen LogP contribution in [0.25, 0.3) is 0 Å². The quantitative estimate of drug-likeness (QED) is 0.804. The molecule has 3 heterocycles. The number of halogens is 1. The van der Waals surface area contributed by atoms with E-state index in [0.29, 0.717) is 10.3 Å². The molecule has 0 bridgehead atoms. The van der Waals surface area contributed by atoms with Crippen molar-refractivity contribution in [2.75, 3.05) is 26.2 Å². The Morgan fingerprint density at radius 1 is 1.38 bits per heavy atom. The van der Waals surface area contributed by atoms with Gasteiger partial charge in [0.1, 0.15) is 5.15 Å². The minimum Gasteiger partial charge on any atom is -0.459 e. The largest absolute Gasteiger partial charge is 0.459 e. The van der Waals surface area contributed by atoms with E-state index in [1.807, 2.05) is 18.9 Å². The Kier molecular flexibility index (Phi) is 5.95. The highest BCUT2D eigenvalue weighted by atomic mass is 35.5. The van der Waals surface area contributed by atoms with Gasteiger partial charge in [0.15, 0.2) is 10.9 Å². The van der Waals surface area contributed by atoms with E-state index in [1.165, 1.54) is 6.26 Å². The summed E-state index contributed by atoms with van der Waals surface area (Å²) in [5.41, 5.74) is 2.02. The van der Waals surface area contributed by atoms with Crippen molar-refractivity contribution in [1.29, 1.82) is 0 Å². The van der Waals surface area contributed by atoms with Crippen LogP contribution in [-0.2, 0) is 13.6 Å². The van der Waals surface area contributed by atoms with Crippen LogP contribution in [-0.4, -0.2) is 56.8 Å². The highest BCUT2D eigenvalue weighted by Gasteiger charge is 2.21. The molecule has 140 valence electrons. The van der Waals surface area contributed by atoms with Crippen molar-refractivity contribution in [3.05, 3.63) is 40.6 Å². The Morgan fingerprint density at radius 3 is 2.85 bits per heavy atom. The molecule has 0 radical (unpaired) electrons. The van der Waals surface area contributed by atoms with Gasteiger partial charge >= 0.3 is 0 Å². The standard InChI is InChI=1S/C17H22ClN5O2S/c1-12-13(15(18)21(2)20-12)11-22-6-4-7-23(9-8-22)17(26)19-16(24)14-5-3-10-25-14/h3,5,10H,4,6-9,11H2,1-2H3,(H,19,24,26). The molecular formula is C17H22ClN5O2S. The molecule has 2 aromatic heterocycles. The number of hydrogen-bond acceptors (Lipinski definition) is 5. The predicted molar refractivity (Wildman–Crippen MR) is 103 cm³/mol. The molecule has 1 saturated heterocycles. The Hall–Kier alpha value is -1.90. The number of hydrogen-bond donors (Lipinski definition) is 1. The summed E-state index contributed by atoms with van der Waals surface area (Å²) in [6, 6.07) is 3.29. The van der Waals surface area contributed by atoms with Crippen LogP contribution in [0.3, 0.4) is 0 Å². The predicted octanol–water partition coefficient (Wildman–Crippen LogP) is 2.20. The maximum atomic E-state index is 12.1. The number of thiocarbonyl (C=S) groups is 1. The van der Waals surface area contributed by atoms with Crippen molar-refractivity contribution in [3.8, 4) is 0 Å². The second kappa shape index (κ2) is 8.20. The van der Waals surface area contributed by atoms with Crippen LogP contribution in [0.4, 0.5) is 0 Å². The number of rotatable bonds is 3. The summed E-state index contributed by atoms with van der Waals surface area (Å²) >= 11 is 11.7. The Balaban J connectivity index is 1.56. The molecule has 3 rings (SSSR count). The zero-order valence-electron chi connectivity index (χ0n) is 14.9. The lowest BCUT2D eigenvalue weighted by molar-refractivity contribution is 0.0946. The maximum absolute atomic E-state index is 12.1. The van der Waals surface area contributed by atoms with Gasteiger partial charge in [0, 0.05) is 45.3 Å². The van der Waals surface area contributed by atoms with Crippen molar-refractivity contribution in [1.82, 2.24) is 24.9 Å². The average Bonchev–Trinajstić information content (AvgIpc) is 3.14. The molecular weight excluding hydrogens is 374 g/mol. The van der Waals surface area contributed by atoms with Gasteiger partial charge in [0.2, 0.25) is 0 Å². The number of carbonyl (C=O) groups excluding carboxylic acids is 1. The highest BCUT2D eigenvalue weighted by Crippen LogP contribution is 2.21. The first kappa shape index (κ1) is 18.9. The van der Waals surface area contributed by atoms with E-state index >= 15 is 0 Å². The van der Waals surface area contributed by atoms with Gasteiger partial charge in [0.05, 0.1) is 12.0 Å². The molecule has 26 heavy (non-hydrogen) atoms. The van der Waals surface area contributed by atoms with Gasteiger partial charge in [-0.15, -0.1) is 0 Å². The molecule has 2 aromatic rings. The minimum atomic E-state index is -0.320. The highest BCUT2D eigenvalue weighted by molar-refractivity contribution is 7.80. The summed E-state index contributed by atoms with van der Waals surface area (Å²) in [5.74, 6) is -0.0654. The Bertz CT molecular complexity index is 789. The van der Waals surface area contributed by atoms with Gasteiger partial charge in [-0.05, 0) is 37.7 Å². The lowest BCUT2D eigenvalue weighted by Gasteiger charge is -2.24. The van der Waals surface area contributed by atoms with Crippen LogP contribution in [0.2, 0.25) is 5.15 Å². The molecule has 0 atom stereocenters. The molecule has 1 fully saturated rings. The first-order valence-electron chi connectivity index (χ1n) is 8.50. The van der Waals surface area contributed by atoms with Crippen molar-refractivity contribution < 1.29 is 9.21 Å². The van der Waals surface area contributed by atoms with Gasteiger partial charge in [-0.3, -0.25) is 19.7 Å². The van der Waals surface area contributed by atoms with E-state index in [9.17, 15) is 4.79 Å². The fourth-order valence-electron chi connectivity index (χ4n) is 3.05. The van der Waals surface area contributed by atoms with Crippen LogP contribution < -0.4 is 5.32 Å². The zero-order valence-corrected chi connectivity index (χ0v) is 16.4. The normalized spacial score (nSPS) is 15.7. The summed E-state index contributed by atoms with van der Waals surface area (Å²) in [6.45, 7) is 6.06. The van der Waals surface area contributed by atoms with Crippen molar-refractivity contribution in [2.45, 2.75) is 19.9 Å². The summed E-state index contributed by atoms with van der Waals surface area (Å²) in [6.07, 6.45) is 2.42. The van der Waals surface area contributed by atoms with E-state index in [-0.39, 0.29) is 11.7 Å². The number of carbonyl (C=O) groups is 1. The summed E-state index contributed by atoms with van der Waals surface area (Å²) in [5, 5.41) is 8.23. The number of aryl methyl sites for hydroxylation is 2. The van der Waals surface area contributed by atoms with Gasteiger partial charge < -0.3 is 9.32 Å². The van der Waals surface area contributed by atoms with Crippen LogP contribution in [0.1, 0.15) is 28.2 Å². The van der Waals surface area contributed by atoms with Gasteiger partial charge in [-0.2, -0.15) is 5.10 Å². The molecule has 1 aliphatic heterocycles. The first-order valence-corrected chi connectivity index (χ1v) is 9.28. The maximum Gasteiger partial charge on any atom is 0.293 e. The van der Waals surface area contributed by atoms with Gasteiger partial charge in [0.25, 0.3) is 5.91 Å². The molecule has 1 N–H and O–H groups in total. The summed E-state index contributed by atoms with van der Waals surface area (Å²) in [4.78, 5) is 16.4. The van der Waals surface area contributed by atoms with Gasteiger partial charge in [-0.1, -0.05) is 11.6 Å². The number of amides is 1. The topological polar surface area (TPSA) is 66.5 Å². The van der Waals surface area contributed by atoms with Crippen LogP contribution in [0, 0.1) is 6.92 Å². The zero-order chi connectivity index (χ0) is 18.7.